The fraction of sp³-hybridized carbons (Fsp3) is 0.760. The fourth-order valence-corrected chi connectivity index (χ4v) is 4.75. The Morgan fingerprint density at radius 2 is 1.51 bits per heavy atom. The van der Waals surface area contributed by atoms with Crippen LogP contribution < -0.4 is 5.32 Å². The normalized spacial score (nSPS) is 24.4. The number of rotatable bonds is 12. The average molecular weight is 562 g/mol. The van der Waals surface area contributed by atoms with Gasteiger partial charge < -0.3 is 38.8 Å². The molecule has 1 aliphatic heterocycles. The number of carbonyl (C=O) groups excluding carboxylic acids is 6. The van der Waals surface area contributed by atoms with E-state index in [4.69, 9.17) is 28.4 Å². The Hall–Kier alpha value is -3.26. The topological polar surface area (TPSA) is 190 Å². The van der Waals surface area contributed by atoms with Crippen molar-refractivity contribution in [1.29, 1.82) is 0 Å². The second-order valence-electron chi connectivity index (χ2n) is 9.24. The van der Waals surface area contributed by atoms with Gasteiger partial charge in [-0.3, -0.25) is 24.0 Å². The molecule has 0 bridgehead atoms. The third-order valence-corrected chi connectivity index (χ3v) is 6.46. The zero-order valence-electron chi connectivity index (χ0n) is 23.6. The van der Waals surface area contributed by atoms with Crippen LogP contribution in [0.3, 0.4) is 0 Å². The summed E-state index contributed by atoms with van der Waals surface area (Å²) in [6.45, 7) is 8.07. The van der Waals surface area contributed by atoms with Crippen LogP contribution in [0.25, 0.3) is 0 Å². The van der Waals surface area contributed by atoms with Gasteiger partial charge >= 0.3 is 29.8 Å². The number of hydrogen-bond acceptors (Lipinski definition) is 13. The van der Waals surface area contributed by atoms with Crippen molar-refractivity contribution in [2.75, 3.05) is 13.7 Å². The number of methoxy groups -OCH3 is 1. The van der Waals surface area contributed by atoms with Gasteiger partial charge in [-0.25, -0.2) is 4.79 Å². The minimum Gasteiger partial charge on any atom is -0.467 e. The summed E-state index contributed by atoms with van der Waals surface area (Å²) >= 11 is 0. The molecule has 0 radical (unpaired) electrons. The number of hydrogen-bond donors (Lipinski definition) is 2. The van der Waals surface area contributed by atoms with Gasteiger partial charge in [0.15, 0.2) is 17.8 Å². The average Bonchev–Trinajstić information content (AvgIpc) is 2.84. The quantitative estimate of drug-likeness (QED) is 0.241. The molecule has 39 heavy (non-hydrogen) atoms. The van der Waals surface area contributed by atoms with E-state index in [-0.39, 0.29) is 12.8 Å². The molecule has 1 amide bonds. The third kappa shape index (κ3) is 8.36. The molecule has 0 saturated carbocycles. The van der Waals surface area contributed by atoms with E-state index < -0.39 is 90.4 Å². The van der Waals surface area contributed by atoms with Crippen molar-refractivity contribution in [1.82, 2.24) is 5.32 Å². The number of carbonyl (C=O) groups is 6. The highest BCUT2D eigenvalue weighted by Gasteiger charge is 2.65. The second kappa shape index (κ2) is 14.2. The first-order valence-electron chi connectivity index (χ1n) is 12.5. The molecule has 1 fully saturated rings. The molecule has 6 atom stereocenters. The molecule has 14 heteroatoms. The Balaban J connectivity index is 4.00. The van der Waals surface area contributed by atoms with Crippen LogP contribution in [0.4, 0.5) is 0 Å². The van der Waals surface area contributed by atoms with Crippen LogP contribution in [-0.4, -0.2) is 96.2 Å². The van der Waals surface area contributed by atoms with Crippen molar-refractivity contribution in [3.63, 3.8) is 0 Å². The standard InChI is InChI=1S/C25H39NO13/c1-9-24(33,10-2)25(23(32)34-8)11-18(36-15(5)29)20(26-13(3)27)22(39-25)21(38-17(7)31)19(37-16(6)30)12-35-14(4)28/h18-22,33H,9-12H2,1-8H3,(H,26,27)/t18-,19+,20+,21+,22+,25+/m0/s1. The predicted molar refractivity (Wildman–Crippen MR) is 131 cm³/mol. The molecule has 0 aromatic carbocycles. The van der Waals surface area contributed by atoms with Crippen molar-refractivity contribution in [3.05, 3.63) is 0 Å². The molecule has 222 valence electrons. The van der Waals surface area contributed by atoms with Crippen LogP contribution in [0.1, 0.15) is 67.7 Å². The van der Waals surface area contributed by atoms with Crippen LogP contribution in [0.15, 0.2) is 0 Å². The van der Waals surface area contributed by atoms with Crippen LogP contribution >= 0.6 is 0 Å². The van der Waals surface area contributed by atoms with Crippen molar-refractivity contribution >= 4 is 35.8 Å². The molecule has 0 spiro atoms. The van der Waals surface area contributed by atoms with Gasteiger partial charge in [0, 0.05) is 41.0 Å². The lowest BCUT2D eigenvalue weighted by Crippen LogP contribution is -2.74. The number of nitrogens with one attached hydrogen (secondary N) is 1. The minimum atomic E-state index is -2.20. The Bertz CT molecular complexity index is 931. The summed E-state index contributed by atoms with van der Waals surface area (Å²) in [5.41, 5.74) is -4.10. The molecule has 1 saturated heterocycles. The Morgan fingerprint density at radius 3 is 1.92 bits per heavy atom. The molecule has 1 heterocycles. The van der Waals surface area contributed by atoms with Gasteiger partial charge in [-0.1, -0.05) is 13.8 Å². The van der Waals surface area contributed by atoms with Crippen LogP contribution in [0.5, 0.6) is 0 Å². The smallest absolute Gasteiger partial charge is 0.341 e. The van der Waals surface area contributed by atoms with Gasteiger partial charge in [0.05, 0.1) is 13.2 Å². The second-order valence-corrected chi connectivity index (χ2v) is 9.24. The fourth-order valence-electron chi connectivity index (χ4n) is 4.75. The van der Waals surface area contributed by atoms with Crippen molar-refractivity contribution in [3.8, 4) is 0 Å². The largest absolute Gasteiger partial charge is 0.467 e. The molecule has 14 nitrogen and oxygen atoms in total. The summed E-state index contributed by atoms with van der Waals surface area (Å²) in [4.78, 5) is 73.5. The van der Waals surface area contributed by atoms with Crippen molar-refractivity contribution < 1.29 is 62.3 Å². The lowest BCUT2D eigenvalue weighted by Gasteiger charge is -2.54. The van der Waals surface area contributed by atoms with E-state index in [1.807, 2.05) is 0 Å². The Morgan fingerprint density at radius 1 is 0.949 bits per heavy atom. The van der Waals surface area contributed by atoms with E-state index >= 15 is 0 Å². The zero-order valence-corrected chi connectivity index (χ0v) is 23.6. The van der Waals surface area contributed by atoms with Gasteiger partial charge in [0.2, 0.25) is 5.91 Å². The minimum absolute atomic E-state index is 0.0258. The lowest BCUT2D eigenvalue weighted by atomic mass is 9.71. The number of amides is 1. The Labute approximate surface area is 226 Å². The molecule has 2 N–H and O–H groups in total. The van der Waals surface area contributed by atoms with Crippen molar-refractivity contribution in [2.24, 2.45) is 0 Å². The van der Waals surface area contributed by atoms with Crippen LogP contribution in [-0.2, 0) is 57.2 Å². The van der Waals surface area contributed by atoms with Crippen LogP contribution in [0, 0.1) is 0 Å². The van der Waals surface area contributed by atoms with Crippen LogP contribution in [0.2, 0.25) is 0 Å². The number of ether oxygens (including phenoxy) is 6. The van der Waals surface area contributed by atoms with Gasteiger partial charge in [-0.15, -0.1) is 0 Å². The summed E-state index contributed by atoms with van der Waals surface area (Å²) in [7, 11) is 1.07. The number of esters is 5. The molecule has 0 unspecified atom stereocenters. The number of aliphatic hydroxyl groups is 1. The maximum Gasteiger partial charge on any atom is 0.341 e. The van der Waals surface area contributed by atoms with Gasteiger partial charge in [0.1, 0.15) is 24.4 Å². The molecule has 0 aromatic rings. The van der Waals surface area contributed by atoms with Gasteiger partial charge in [-0.2, -0.15) is 0 Å². The first-order valence-corrected chi connectivity index (χ1v) is 12.5. The third-order valence-electron chi connectivity index (χ3n) is 6.46. The molecule has 0 aromatic heterocycles. The summed E-state index contributed by atoms with van der Waals surface area (Å²) in [5.74, 6) is -4.89. The van der Waals surface area contributed by atoms with E-state index in [0.717, 1.165) is 34.8 Å². The summed E-state index contributed by atoms with van der Waals surface area (Å²) in [5, 5.41) is 14.2. The molecule has 1 aliphatic rings. The maximum atomic E-state index is 13.4. The first kappa shape index (κ1) is 33.8. The summed E-state index contributed by atoms with van der Waals surface area (Å²) in [6.07, 6.45) is -6.56. The molecule has 1 rings (SSSR count). The van der Waals surface area contributed by atoms with E-state index in [1.165, 1.54) is 6.92 Å². The highest BCUT2D eigenvalue weighted by atomic mass is 16.6. The summed E-state index contributed by atoms with van der Waals surface area (Å²) in [6, 6.07) is -1.29. The predicted octanol–water partition coefficient (Wildman–Crippen LogP) is 0.101. The molecular weight excluding hydrogens is 522 g/mol. The van der Waals surface area contributed by atoms with E-state index in [2.05, 4.69) is 5.32 Å². The van der Waals surface area contributed by atoms with E-state index in [9.17, 15) is 33.9 Å². The van der Waals surface area contributed by atoms with E-state index in [0.29, 0.717) is 0 Å². The van der Waals surface area contributed by atoms with E-state index in [1.54, 1.807) is 13.8 Å². The molecular formula is C25H39NO13. The van der Waals surface area contributed by atoms with Gasteiger partial charge in [-0.05, 0) is 12.8 Å². The lowest BCUT2D eigenvalue weighted by molar-refractivity contribution is -0.281. The maximum absolute atomic E-state index is 13.4. The highest BCUT2D eigenvalue weighted by molar-refractivity contribution is 5.82. The SMILES string of the molecule is CCC(O)(CC)[C@]1(C(=O)OC)C[C@H](OC(C)=O)[C@@H](NC(C)=O)[C@H]([C@H](OC(C)=O)[C@@H](COC(C)=O)OC(C)=O)O1. The molecule has 0 aliphatic carbocycles. The first-order chi connectivity index (χ1) is 18.1. The monoisotopic (exact) mass is 561 g/mol. The Kier molecular flexibility index (Phi) is 12.3. The highest BCUT2D eigenvalue weighted by Crippen LogP contribution is 2.45. The van der Waals surface area contributed by atoms with Crippen molar-refractivity contribution in [2.45, 2.75) is 109 Å². The zero-order chi connectivity index (χ0) is 30.1. The summed E-state index contributed by atoms with van der Waals surface area (Å²) < 4.78 is 32.6. The van der Waals surface area contributed by atoms with Gasteiger partial charge in [0.25, 0.3) is 0 Å².